The summed E-state index contributed by atoms with van der Waals surface area (Å²) in [6.45, 7) is 5.35. The fourth-order valence-corrected chi connectivity index (χ4v) is 3.11. The molecule has 3 nitrogen and oxygen atoms in total. The van der Waals surface area contributed by atoms with Crippen LogP contribution < -0.4 is 4.90 Å². The molecule has 0 saturated carbocycles. The molecule has 1 unspecified atom stereocenters. The summed E-state index contributed by atoms with van der Waals surface area (Å²) in [6.07, 6.45) is 2.87. The summed E-state index contributed by atoms with van der Waals surface area (Å²) in [7, 11) is 2.19. The molecule has 0 bridgehead atoms. The number of halogens is 2. The minimum Gasteiger partial charge on any atom is -0.353 e. The van der Waals surface area contributed by atoms with E-state index in [0.717, 1.165) is 36.3 Å². The molecular formula is C12H17BrClN3. The molecule has 0 N–H and O–H groups in total. The van der Waals surface area contributed by atoms with E-state index >= 15 is 0 Å². The highest BCUT2D eigenvalue weighted by Gasteiger charge is 2.24. The highest BCUT2D eigenvalue weighted by Crippen LogP contribution is 2.28. The number of hydrogen-bond acceptors (Lipinski definition) is 3. The molecule has 0 spiro atoms. The van der Waals surface area contributed by atoms with Crippen molar-refractivity contribution >= 4 is 33.3 Å². The number of pyridine rings is 1. The zero-order chi connectivity index (χ0) is 12.4. The third-order valence-corrected chi connectivity index (χ3v) is 4.13. The number of nitrogens with zero attached hydrogens (tertiary/aromatic N) is 3. The van der Waals surface area contributed by atoms with Crippen LogP contribution in [0.15, 0.2) is 16.7 Å². The van der Waals surface area contributed by atoms with E-state index in [1.807, 2.05) is 6.07 Å². The molecule has 2 heterocycles. The van der Waals surface area contributed by atoms with Gasteiger partial charge in [0.1, 0.15) is 5.82 Å². The van der Waals surface area contributed by atoms with Crippen molar-refractivity contribution in [2.24, 2.45) is 0 Å². The first kappa shape index (κ1) is 13.1. The molecule has 0 radical (unpaired) electrons. The van der Waals surface area contributed by atoms with E-state index < -0.39 is 0 Å². The number of piperazine rings is 1. The van der Waals surface area contributed by atoms with Crippen LogP contribution in [0.2, 0.25) is 5.02 Å². The SMILES string of the molecule is CCC1CN(c2ncc(Cl)cc2Br)CCN1C. The maximum Gasteiger partial charge on any atom is 0.143 e. The molecule has 1 saturated heterocycles. The Morgan fingerprint density at radius 2 is 2.29 bits per heavy atom. The standard InChI is InChI=1S/C12H17BrClN3/c1-3-10-8-17(5-4-16(10)2)12-11(13)6-9(14)7-15-12/h6-7,10H,3-5,8H2,1-2H3. The summed E-state index contributed by atoms with van der Waals surface area (Å²) in [4.78, 5) is 9.17. The summed E-state index contributed by atoms with van der Waals surface area (Å²) < 4.78 is 0.976. The van der Waals surface area contributed by atoms with Gasteiger partial charge in [0.15, 0.2) is 0 Å². The maximum absolute atomic E-state index is 5.92. The number of hydrogen-bond donors (Lipinski definition) is 0. The second-order valence-corrected chi connectivity index (χ2v) is 5.74. The van der Waals surface area contributed by atoms with Crippen molar-refractivity contribution in [3.05, 3.63) is 21.8 Å². The van der Waals surface area contributed by atoms with E-state index in [-0.39, 0.29) is 0 Å². The van der Waals surface area contributed by atoms with E-state index in [9.17, 15) is 0 Å². The molecule has 0 aromatic carbocycles. The molecular weight excluding hydrogens is 302 g/mol. The quantitative estimate of drug-likeness (QED) is 0.835. The van der Waals surface area contributed by atoms with Gasteiger partial charge in [-0.25, -0.2) is 4.98 Å². The van der Waals surface area contributed by atoms with Gasteiger partial charge in [-0.05, 0) is 35.5 Å². The number of aromatic nitrogens is 1. The van der Waals surface area contributed by atoms with Crippen LogP contribution in [0.3, 0.4) is 0 Å². The molecule has 1 aromatic heterocycles. The third-order valence-electron chi connectivity index (χ3n) is 3.34. The lowest BCUT2D eigenvalue weighted by Crippen LogP contribution is -2.51. The second kappa shape index (κ2) is 5.55. The van der Waals surface area contributed by atoms with Gasteiger partial charge in [-0.2, -0.15) is 0 Å². The Morgan fingerprint density at radius 3 is 2.94 bits per heavy atom. The van der Waals surface area contributed by atoms with Crippen molar-refractivity contribution in [3.63, 3.8) is 0 Å². The monoisotopic (exact) mass is 317 g/mol. The average Bonchev–Trinajstić information content (AvgIpc) is 2.30. The largest absolute Gasteiger partial charge is 0.353 e. The van der Waals surface area contributed by atoms with Gasteiger partial charge in [-0.3, -0.25) is 4.90 Å². The topological polar surface area (TPSA) is 19.4 Å². The fourth-order valence-electron chi connectivity index (χ4n) is 2.22. The van der Waals surface area contributed by atoms with E-state index in [4.69, 9.17) is 11.6 Å². The zero-order valence-corrected chi connectivity index (χ0v) is 12.5. The predicted molar refractivity (Wildman–Crippen MR) is 75.9 cm³/mol. The highest BCUT2D eigenvalue weighted by molar-refractivity contribution is 9.10. The van der Waals surface area contributed by atoms with Crippen molar-refractivity contribution in [1.82, 2.24) is 9.88 Å². The van der Waals surface area contributed by atoms with Crippen molar-refractivity contribution in [1.29, 1.82) is 0 Å². The number of anilines is 1. The van der Waals surface area contributed by atoms with Crippen LogP contribution in [0.5, 0.6) is 0 Å². The van der Waals surface area contributed by atoms with Gasteiger partial charge in [0.2, 0.25) is 0 Å². The molecule has 0 amide bonds. The number of likely N-dealkylation sites (N-methyl/N-ethyl adjacent to an activating group) is 1. The van der Waals surface area contributed by atoms with Crippen LogP contribution in [0.25, 0.3) is 0 Å². The molecule has 1 atom stereocenters. The highest BCUT2D eigenvalue weighted by atomic mass is 79.9. The van der Waals surface area contributed by atoms with E-state index in [1.165, 1.54) is 0 Å². The Hall–Kier alpha value is -0.320. The first-order valence-electron chi connectivity index (χ1n) is 5.88. The molecule has 94 valence electrons. The Labute approximate surface area is 116 Å². The van der Waals surface area contributed by atoms with Crippen LogP contribution in [0.4, 0.5) is 5.82 Å². The summed E-state index contributed by atoms with van der Waals surface area (Å²) in [5.74, 6) is 1.00. The van der Waals surface area contributed by atoms with Crippen molar-refractivity contribution in [2.75, 3.05) is 31.6 Å². The van der Waals surface area contributed by atoms with Gasteiger partial charge >= 0.3 is 0 Å². The van der Waals surface area contributed by atoms with E-state index in [1.54, 1.807) is 6.20 Å². The molecule has 17 heavy (non-hydrogen) atoms. The van der Waals surface area contributed by atoms with Gasteiger partial charge in [0, 0.05) is 31.9 Å². The molecule has 1 aliphatic heterocycles. The van der Waals surface area contributed by atoms with Crippen molar-refractivity contribution in [3.8, 4) is 0 Å². The Balaban J connectivity index is 2.17. The van der Waals surface area contributed by atoms with Gasteiger partial charge in [0.25, 0.3) is 0 Å². The Morgan fingerprint density at radius 1 is 1.53 bits per heavy atom. The molecule has 1 aliphatic rings. The van der Waals surface area contributed by atoms with Crippen LogP contribution in [0.1, 0.15) is 13.3 Å². The van der Waals surface area contributed by atoms with Crippen molar-refractivity contribution in [2.45, 2.75) is 19.4 Å². The minimum absolute atomic E-state index is 0.605. The smallest absolute Gasteiger partial charge is 0.143 e. The predicted octanol–water partition coefficient (Wildman–Crippen LogP) is 3.03. The van der Waals surface area contributed by atoms with E-state index in [0.29, 0.717) is 11.1 Å². The van der Waals surface area contributed by atoms with E-state index in [2.05, 4.69) is 44.7 Å². The lowest BCUT2D eigenvalue weighted by Gasteiger charge is -2.40. The first-order valence-corrected chi connectivity index (χ1v) is 7.05. The summed E-state index contributed by atoms with van der Waals surface area (Å²) in [5.41, 5.74) is 0. The first-order chi connectivity index (χ1) is 8.11. The number of rotatable bonds is 2. The van der Waals surface area contributed by atoms with Gasteiger partial charge in [0.05, 0.1) is 9.50 Å². The average molecular weight is 319 g/mol. The molecule has 0 aliphatic carbocycles. The minimum atomic E-state index is 0.605. The zero-order valence-electron chi connectivity index (χ0n) is 10.2. The Kier molecular flexibility index (Phi) is 4.28. The third kappa shape index (κ3) is 2.92. The van der Waals surface area contributed by atoms with Gasteiger partial charge in [-0.15, -0.1) is 0 Å². The molecule has 1 fully saturated rings. The normalized spacial score (nSPS) is 21.9. The summed E-state index contributed by atoms with van der Waals surface area (Å²) >= 11 is 9.45. The molecule has 2 rings (SSSR count). The molecule has 5 heteroatoms. The fraction of sp³-hybridized carbons (Fsp3) is 0.583. The lowest BCUT2D eigenvalue weighted by atomic mass is 10.1. The second-order valence-electron chi connectivity index (χ2n) is 4.45. The Bertz CT molecular complexity index is 399. The summed E-state index contributed by atoms with van der Waals surface area (Å²) in [6, 6.07) is 2.51. The van der Waals surface area contributed by atoms with Crippen LogP contribution in [-0.2, 0) is 0 Å². The maximum atomic E-state index is 5.92. The van der Waals surface area contributed by atoms with Crippen LogP contribution in [-0.4, -0.2) is 42.6 Å². The van der Waals surface area contributed by atoms with Crippen LogP contribution in [0, 0.1) is 0 Å². The van der Waals surface area contributed by atoms with Gasteiger partial charge in [-0.1, -0.05) is 18.5 Å². The van der Waals surface area contributed by atoms with Crippen LogP contribution >= 0.6 is 27.5 Å². The van der Waals surface area contributed by atoms with Crippen molar-refractivity contribution < 1.29 is 0 Å². The molecule has 1 aromatic rings. The lowest BCUT2D eigenvalue weighted by molar-refractivity contribution is 0.213. The summed E-state index contributed by atoms with van der Waals surface area (Å²) in [5, 5.41) is 0.668. The van der Waals surface area contributed by atoms with Gasteiger partial charge < -0.3 is 4.90 Å².